The minimum atomic E-state index is -4.65. The Balaban J connectivity index is 4.54. The van der Waals surface area contributed by atoms with Gasteiger partial charge < -0.3 is 27.9 Å². The Morgan fingerprint density at radius 2 is 1.02 bits per heavy atom. The van der Waals surface area contributed by atoms with Gasteiger partial charge in [-0.05, 0) is 83.5 Å². The molecule has 1 unspecified atom stereocenters. The molecule has 0 rings (SSSR count). The molecule has 0 aliphatic rings. The number of esters is 2. The molecule has 0 heterocycles. The fraction of sp³-hybridized carbons (Fsp3) is 0.625. The second-order valence-electron chi connectivity index (χ2n) is 15.3. The first-order chi connectivity index (χ1) is 28.0. The summed E-state index contributed by atoms with van der Waals surface area (Å²) in [5.41, 5.74) is 0. The van der Waals surface area contributed by atoms with E-state index in [9.17, 15) is 19.0 Å². The summed E-state index contributed by atoms with van der Waals surface area (Å²) in [6, 6.07) is 0. The molecule has 0 amide bonds. The van der Waals surface area contributed by atoms with E-state index in [1.807, 2.05) is 33.3 Å². The molecule has 0 aliphatic carbocycles. The second-order valence-corrected chi connectivity index (χ2v) is 16.7. The zero-order chi connectivity index (χ0) is 42.8. The van der Waals surface area contributed by atoms with Gasteiger partial charge in [-0.1, -0.05) is 143 Å². The number of carbonyl (C=O) groups is 2. The highest BCUT2D eigenvalue weighted by molar-refractivity contribution is 7.45. The summed E-state index contributed by atoms with van der Waals surface area (Å²) < 4.78 is 33.8. The average molecular weight is 830 g/mol. The molecule has 0 aromatic carbocycles. The maximum Gasteiger partial charge on any atom is 0.306 e. The molecule has 0 fully saturated rings. The lowest BCUT2D eigenvalue weighted by Crippen LogP contribution is -2.37. The standard InChI is InChI=1S/C48H80NO8P/c1-6-8-10-12-14-16-18-20-22-23-24-25-27-29-31-33-35-37-39-41-48(51)57-46(45-56-58(52,53)55-43-42-49(3,4)5)44-54-47(50)40-38-36-34-32-30-28-26-21-19-17-15-13-11-9-7-2/h8,10,14-17,20-22,24-26,29,31,35,37,46H,6-7,9,11-13,18-19,23,27-28,30,32-34,36,38-45H2,1-5H3/b10-8-,16-14-,17-15-,22-20-,25-24-,26-21-,31-29-,37-35-/t46-/m1/s1. The van der Waals surface area contributed by atoms with Crippen molar-refractivity contribution >= 4 is 19.8 Å². The Labute approximate surface area is 353 Å². The summed E-state index contributed by atoms with van der Waals surface area (Å²) in [6.45, 7) is 3.95. The SMILES string of the molecule is CC/C=C\C/C=C\C/C=C\C/C=C\C/C=C\C/C=C\CCC(=O)O[C@H](COC(=O)CCCCCCC/C=C\C/C=C\CCCCC)COP(=O)([O-])OCC[N+](C)(C)C. The number of likely N-dealkylation sites (N-methyl/N-ethyl adjacent to an activating group) is 1. The van der Waals surface area contributed by atoms with Crippen LogP contribution in [0.1, 0.15) is 142 Å². The summed E-state index contributed by atoms with van der Waals surface area (Å²) in [5.74, 6) is -0.959. The maximum absolute atomic E-state index is 12.6. The van der Waals surface area contributed by atoms with E-state index in [0.29, 0.717) is 23.9 Å². The Bertz CT molecular complexity index is 1300. The number of unbranched alkanes of at least 4 members (excludes halogenated alkanes) is 8. The molecule has 0 bridgehead atoms. The Morgan fingerprint density at radius 3 is 1.53 bits per heavy atom. The lowest BCUT2D eigenvalue weighted by Gasteiger charge is -2.28. The minimum Gasteiger partial charge on any atom is -0.756 e. The van der Waals surface area contributed by atoms with E-state index in [4.69, 9.17) is 18.5 Å². The van der Waals surface area contributed by atoms with Crippen LogP contribution in [0.15, 0.2) is 97.2 Å². The van der Waals surface area contributed by atoms with E-state index in [-0.39, 0.29) is 26.1 Å². The van der Waals surface area contributed by atoms with E-state index in [0.717, 1.165) is 77.0 Å². The quantitative estimate of drug-likeness (QED) is 0.0199. The fourth-order valence-electron chi connectivity index (χ4n) is 5.18. The molecule has 0 spiro atoms. The monoisotopic (exact) mass is 830 g/mol. The van der Waals surface area contributed by atoms with Crippen molar-refractivity contribution < 1.29 is 42.1 Å². The molecule has 0 aliphatic heterocycles. The van der Waals surface area contributed by atoms with E-state index in [1.54, 1.807) is 0 Å². The highest BCUT2D eigenvalue weighted by atomic mass is 31.2. The number of ether oxygens (including phenoxy) is 2. The Hall–Kier alpha value is -3.07. The van der Waals surface area contributed by atoms with Crippen LogP contribution in [0.2, 0.25) is 0 Å². The van der Waals surface area contributed by atoms with Crippen LogP contribution in [-0.2, 0) is 32.7 Å². The van der Waals surface area contributed by atoms with Crippen molar-refractivity contribution in [2.45, 2.75) is 148 Å². The second kappa shape index (κ2) is 39.4. The number of nitrogens with zero attached hydrogens (tertiary/aromatic N) is 1. The van der Waals surface area contributed by atoms with Crippen LogP contribution in [0.25, 0.3) is 0 Å². The largest absolute Gasteiger partial charge is 0.756 e. The van der Waals surface area contributed by atoms with Gasteiger partial charge in [0.25, 0.3) is 7.82 Å². The van der Waals surface area contributed by atoms with Gasteiger partial charge in [0.1, 0.15) is 19.8 Å². The van der Waals surface area contributed by atoms with Crippen molar-refractivity contribution in [3.63, 3.8) is 0 Å². The van der Waals surface area contributed by atoms with E-state index in [2.05, 4.69) is 98.9 Å². The number of allylic oxidation sites excluding steroid dienone is 16. The molecule has 0 N–H and O–H groups in total. The Morgan fingerprint density at radius 1 is 0.552 bits per heavy atom. The summed E-state index contributed by atoms with van der Waals surface area (Å²) in [7, 11) is 1.09. The minimum absolute atomic E-state index is 0.0524. The molecule has 0 saturated carbocycles. The summed E-state index contributed by atoms with van der Waals surface area (Å²) >= 11 is 0. The van der Waals surface area contributed by atoms with Gasteiger partial charge in [-0.2, -0.15) is 0 Å². The summed E-state index contributed by atoms with van der Waals surface area (Å²) in [6.07, 6.45) is 51.6. The number of rotatable bonds is 38. The number of phosphoric ester groups is 1. The number of hydrogen-bond donors (Lipinski definition) is 0. The van der Waals surface area contributed by atoms with Gasteiger partial charge in [-0.25, -0.2) is 0 Å². The molecule has 58 heavy (non-hydrogen) atoms. The van der Waals surface area contributed by atoms with Gasteiger partial charge in [0.05, 0.1) is 27.7 Å². The van der Waals surface area contributed by atoms with Crippen molar-refractivity contribution in [2.75, 3.05) is 47.5 Å². The Kier molecular flexibility index (Phi) is 37.3. The molecule has 0 aromatic heterocycles. The van der Waals surface area contributed by atoms with Crippen LogP contribution in [0.5, 0.6) is 0 Å². The molecule has 0 saturated heterocycles. The highest BCUT2D eigenvalue weighted by Gasteiger charge is 2.21. The third-order valence-electron chi connectivity index (χ3n) is 8.60. The number of phosphoric acid groups is 1. The van der Waals surface area contributed by atoms with E-state index in [1.165, 1.54) is 25.7 Å². The topological polar surface area (TPSA) is 111 Å². The van der Waals surface area contributed by atoms with Crippen LogP contribution >= 0.6 is 7.82 Å². The molecule has 0 radical (unpaired) electrons. The predicted molar refractivity (Wildman–Crippen MR) is 240 cm³/mol. The van der Waals surface area contributed by atoms with Crippen LogP contribution in [0.3, 0.4) is 0 Å². The number of hydrogen-bond acceptors (Lipinski definition) is 8. The molecule has 9 nitrogen and oxygen atoms in total. The third-order valence-corrected chi connectivity index (χ3v) is 9.57. The van der Waals surface area contributed by atoms with Crippen molar-refractivity contribution in [1.29, 1.82) is 0 Å². The first kappa shape index (κ1) is 54.9. The first-order valence-corrected chi connectivity index (χ1v) is 23.4. The van der Waals surface area contributed by atoms with Crippen molar-refractivity contribution in [3.8, 4) is 0 Å². The van der Waals surface area contributed by atoms with Crippen LogP contribution in [0.4, 0.5) is 0 Å². The van der Waals surface area contributed by atoms with Crippen LogP contribution in [-0.4, -0.2) is 70.0 Å². The molecular formula is C48H80NO8P. The van der Waals surface area contributed by atoms with Crippen LogP contribution in [0, 0.1) is 0 Å². The summed E-state index contributed by atoms with van der Waals surface area (Å²) in [5, 5.41) is 0. The normalized spacial score (nSPS) is 14.5. The molecule has 2 atom stereocenters. The van der Waals surface area contributed by atoms with E-state index >= 15 is 0 Å². The lowest BCUT2D eigenvalue weighted by atomic mass is 10.1. The first-order valence-electron chi connectivity index (χ1n) is 21.9. The third kappa shape index (κ3) is 42.5. The van der Waals surface area contributed by atoms with Gasteiger partial charge in [0.15, 0.2) is 6.10 Å². The van der Waals surface area contributed by atoms with Crippen LogP contribution < -0.4 is 4.89 Å². The number of quaternary nitrogens is 1. The molecule has 0 aromatic rings. The van der Waals surface area contributed by atoms with Gasteiger partial charge in [0.2, 0.25) is 0 Å². The summed E-state index contributed by atoms with van der Waals surface area (Å²) in [4.78, 5) is 37.5. The van der Waals surface area contributed by atoms with Crippen molar-refractivity contribution in [1.82, 2.24) is 0 Å². The van der Waals surface area contributed by atoms with E-state index < -0.39 is 32.5 Å². The maximum atomic E-state index is 12.6. The van der Waals surface area contributed by atoms with Crippen molar-refractivity contribution in [3.05, 3.63) is 97.2 Å². The van der Waals surface area contributed by atoms with Gasteiger partial charge in [0, 0.05) is 12.8 Å². The smallest absolute Gasteiger partial charge is 0.306 e. The molecule has 10 heteroatoms. The zero-order valence-corrected chi connectivity index (χ0v) is 37.8. The van der Waals surface area contributed by atoms with Gasteiger partial charge in [-0.15, -0.1) is 0 Å². The fourth-order valence-corrected chi connectivity index (χ4v) is 5.91. The zero-order valence-electron chi connectivity index (χ0n) is 36.9. The van der Waals surface area contributed by atoms with Gasteiger partial charge in [-0.3, -0.25) is 14.2 Å². The molecular weight excluding hydrogens is 750 g/mol. The number of carbonyl (C=O) groups excluding carboxylic acids is 2. The lowest BCUT2D eigenvalue weighted by molar-refractivity contribution is -0.870. The predicted octanol–water partition coefficient (Wildman–Crippen LogP) is 11.9. The average Bonchev–Trinajstić information content (AvgIpc) is 3.17. The van der Waals surface area contributed by atoms with Crippen molar-refractivity contribution in [2.24, 2.45) is 0 Å². The van der Waals surface area contributed by atoms with Gasteiger partial charge >= 0.3 is 11.9 Å². The highest BCUT2D eigenvalue weighted by Crippen LogP contribution is 2.38. The molecule has 330 valence electrons.